The van der Waals surface area contributed by atoms with E-state index in [9.17, 15) is 5.11 Å². The number of hydrogen-bond donors (Lipinski definition) is 2. The number of hydrogen-bond acceptors (Lipinski definition) is 2. The summed E-state index contributed by atoms with van der Waals surface area (Å²) in [6, 6.07) is 8.95. The Morgan fingerprint density at radius 3 is 2.95 bits per heavy atom. The Morgan fingerprint density at radius 1 is 1.36 bits per heavy atom. The van der Waals surface area contributed by atoms with Crippen molar-refractivity contribution < 1.29 is 5.11 Å². The van der Waals surface area contributed by atoms with Gasteiger partial charge < -0.3 is 10.1 Å². The minimum Gasteiger partial charge on any atom is -0.396 e. The van der Waals surface area contributed by atoms with Crippen LogP contribution >= 0.6 is 0 Å². The fraction of sp³-hybridized carbons (Fsp3) is 0.474. The van der Waals surface area contributed by atoms with E-state index in [-0.39, 0.29) is 6.61 Å². The molecule has 4 atom stereocenters. The number of fused-ring (bicyclic) bond motifs is 4. The van der Waals surface area contributed by atoms with Crippen LogP contribution in [0.25, 0.3) is 10.9 Å². The van der Waals surface area contributed by atoms with Crippen LogP contribution in [0.15, 0.2) is 36.9 Å². The summed E-state index contributed by atoms with van der Waals surface area (Å²) in [6.45, 7) is 6.54. The molecule has 3 aliphatic heterocycles. The van der Waals surface area contributed by atoms with Crippen LogP contribution in [0.4, 0.5) is 0 Å². The highest BCUT2D eigenvalue weighted by Crippen LogP contribution is 2.45. The Bertz CT molecular complexity index is 690. The molecule has 2 N–H and O–H groups in total. The first-order chi connectivity index (χ1) is 10.8. The number of benzene rings is 1. The van der Waals surface area contributed by atoms with Crippen LogP contribution in [-0.4, -0.2) is 34.7 Å². The third-order valence-electron chi connectivity index (χ3n) is 5.65. The first-order valence-electron chi connectivity index (χ1n) is 8.38. The molecule has 3 saturated heterocycles. The van der Waals surface area contributed by atoms with Gasteiger partial charge in [0, 0.05) is 29.7 Å². The van der Waals surface area contributed by atoms with E-state index in [0.717, 1.165) is 18.9 Å². The van der Waals surface area contributed by atoms with Gasteiger partial charge in [-0.3, -0.25) is 4.90 Å². The lowest BCUT2D eigenvalue weighted by Crippen LogP contribution is -2.48. The highest BCUT2D eigenvalue weighted by atomic mass is 16.2. The van der Waals surface area contributed by atoms with Crippen molar-refractivity contribution in [2.45, 2.75) is 25.3 Å². The molecule has 2 aromatic rings. The Hall–Kier alpha value is -1.58. The zero-order valence-corrected chi connectivity index (χ0v) is 13.0. The Balaban J connectivity index is 1.75. The van der Waals surface area contributed by atoms with Crippen molar-refractivity contribution in [3.8, 4) is 0 Å². The SMILES string of the molecule is C=C[C@@H]1CN2CC[C@@H]1C[C@@H]2c1[nH]c2ccccc2c1CCO. The van der Waals surface area contributed by atoms with Gasteiger partial charge in [0.2, 0.25) is 0 Å². The van der Waals surface area contributed by atoms with Gasteiger partial charge in [-0.2, -0.15) is 0 Å². The summed E-state index contributed by atoms with van der Waals surface area (Å²) in [7, 11) is 0. The van der Waals surface area contributed by atoms with Gasteiger partial charge in [0.15, 0.2) is 0 Å². The third-order valence-corrected chi connectivity index (χ3v) is 5.65. The van der Waals surface area contributed by atoms with Crippen molar-refractivity contribution >= 4 is 10.9 Å². The van der Waals surface area contributed by atoms with Gasteiger partial charge >= 0.3 is 0 Å². The van der Waals surface area contributed by atoms with E-state index in [0.29, 0.717) is 12.0 Å². The molecule has 1 unspecified atom stereocenters. The molecule has 22 heavy (non-hydrogen) atoms. The zero-order valence-electron chi connectivity index (χ0n) is 13.0. The molecule has 0 spiro atoms. The van der Waals surface area contributed by atoms with Gasteiger partial charge in [-0.1, -0.05) is 24.3 Å². The predicted octanol–water partition coefficient (Wildman–Crippen LogP) is 3.27. The summed E-state index contributed by atoms with van der Waals surface area (Å²) < 4.78 is 0. The average molecular weight is 296 g/mol. The number of nitrogens with zero attached hydrogens (tertiary/aromatic N) is 1. The number of piperidine rings is 3. The number of nitrogens with one attached hydrogen (secondary N) is 1. The molecule has 3 aliphatic rings. The summed E-state index contributed by atoms with van der Waals surface area (Å²) in [6.07, 6.45) is 5.39. The maximum atomic E-state index is 9.49. The fourth-order valence-corrected chi connectivity index (χ4v) is 4.52. The van der Waals surface area contributed by atoms with Gasteiger partial charge in [-0.05, 0) is 49.3 Å². The maximum absolute atomic E-state index is 9.49. The van der Waals surface area contributed by atoms with Crippen LogP contribution in [0, 0.1) is 11.8 Å². The molecular weight excluding hydrogens is 272 g/mol. The van der Waals surface area contributed by atoms with E-state index in [1.54, 1.807) is 0 Å². The van der Waals surface area contributed by atoms with Gasteiger partial charge in [-0.15, -0.1) is 6.58 Å². The van der Waals surface area contributed by atoms with Crippen molar-refractivity contribution in [2.75, 3.05) is 19.7 Å². The molecule has 0 amide bonds. The summed E-state index contributed by atoms with van der Waals surface area (Å²) in [4.78, 5) is 6.27. The number of H-pyrrole nitrogens is 1. The monoisotopic (exact) mass is 296 g/mol. The number of para-hydroxylation sites is 1. The van der Waals surface area contributed by atoms with Gasteiger partial charge in [-0.25, -0.2) is 0 Å². The molecule has 3 heteroatoms. The smallest absolute Gasteiger partial charge is 0.0504 e. The first-order valence-corrected chi connectivity index (χ1v) is 8.38. The zero-order chi connectivity index (χ0) is 15.1. The van der Waals surface area contributed by atoms with E-state index < -0.39 is 0 Å². The summed E-state index contributed by atoms with van der Waals surface area (Å²) in [5.41, 5.74) is 3.84. The van der Waals surface area contributed by atoms with Crippen LogP contribution in [0.5, 0.6) is 0 Å². The summed E-state index contributed by atoms with van der Waals surface area (Å²) in [5, 5.41) is 10.8. The van der Waals surface area contributed by atoms with Crippen LogP contribution in [0.3, 0.4) is 0 Å². The molecule has 1 aromatic heterocycles. The molecule has 116 valence electrons. The molecule has 3 nitrogen and oxygen atoms in total. The lowest BCUT2D eigenvalue weighted by atomic mass is 9.74. The topological polar surface area (TPSA) is 39.3 Å². The van der Waals surface area contributed by atoms with Crippen LogP contribution in [0.2, 0.25) is 0 Å². The van der Waals surface area contributed by atoms with E-state index in [1.165, 1.54) is 41.5 Å². The van der Waals surface area contributed by atoms with Crippen LogP contribution in [-0.2, 0) is 6.42 Å². The Kier molecular flexibility index (Phi) is 3.55. The minimum absolute atomic E-state index is 0.209. The molecule has 2 bridgehead atoms. The normalized spacial score (nSPS) is 30.8. The van der Waals surface area contributed by atoms with E-state index in [2.05, 4.69) is 46.8 Å². The van der Waals surface area contributed by atoms with E-state index in [4.69, 9.17) is 0 Å². The summed E-state index contributed by atoms with van der Waals surface area (Å²) in [5.74, 6) is 1.41. The van der Waals surface area contributed by atoms with Crippen molar-refractivity contribution in [3.05, 3.63) is 48.2 Å². The molecule has 0 radical (unpaired) electrons. The standard InChI is InChI=1S/C19H24N2O/c1-2-13-12-21-9-7-14(13)11-18(21)19-16(8-10-22)15-5-3-4-6-17(15)20-19/h2-6,13-14,18,20,22H,1,7-12H2/t13-,14-,18-/m1/s1. The molecule has 1 aromatic carbocycles. The highest BCUT2D eigenvalue weighted by molar-refractivity contribution is 5.84. The van der Waals surface area contributed by atoms with Crippen LogP contribution < -0.4 is 0 Å². The number of aliphatic hydroxyl groups excluding tert-OH is 1. The van der Waals surface area contributed by atoms with Crippen LogP contribution in [0.1, 0.15) is 30.1 Å². The van der Waals surface area contributed by atoms with Gasteiger partial charge in [0.05, 0.1) is 6.04 Å². The first kappa shape index (κ1) is 14.0. The third kappa shape index (κ3) is 2.11. The maximum Gasteiger partial charge on any atom is 0.0504 e. The summed E-state index contributed by atoms with van der Waals surface area (Å²) >= 11 is 0. The van der Waals surface area contributed by atoms with Crippen molar-refractivity contribution in [1.82, 2.24) is 9.88 Å². The fourth-order valence-electron chi connectivity index (χ4n) is 4.52. The Labute approximate surface area is 131 Å². The van der Waals surface area contributed by atoms with E-state index >= 15 is 0 Å². The van der Waals surface area contributed by atoms with Crippen molar-refractivity contribution in [3.63, 3.8) is 0 Å². The quantitative estimate of drug-likeness (QED) is 0.850. The number of aromatic amines is 1. The number of rotatable bonds is 4. The second kappa shape index (κ2) is 5.56. The van der Waals surface area contributed by atoms with Gasteiger partial charge in [0.25, 0.3) is 0 Å². The average Bonchev–Trinajstić information content (AvgIpc) is 2.94. The largest absolute Gasteiger partial charge is 0.396 e. The second-order valence-electron chi connectivity index (χ2n) is 6.73. The van der Waals surface area contributed by atoms with Crippen molar-refractivity contribution in [1.29, 1.82) is 0 Å². The molecule has 5 rings (SSSR count). The second-order valence-corrected chi connectivity index (χ2v) is 6.73. The lowest BCUT2D eigenvalue weighted by molar-refractivity contribution is 0.0163. The molecular formula is C19H24N2O. The predicted molar refractivity (Wildman–Crippen MR) is 89.8 cm³/mol. The lowest BCUT2D eigenvalue weighted by Gasteiger charge is -2.49. The van der Waals surface area contributed by atoms with Crippen molar-refractivity contribution in [2.24, 2.45) is 11.8 Å². The minimum atomic E-state index is 0.209. The number of aliphatic hydroxyl groups is 1. The van der Waals surface area contributed by atoms with E-state index in [1.807, 2.05) is 0 Å². The molecule has 4 heterocycles. The van der Waals surface area contributed by atoms with Gasteiger partial charge in [0.1, 0.15) is 0 Å². The number of aromatic nitrogens is 1. The molecule has 3 fully saturated rings. The highest BCUT2D eigenvalue weighted by Gasteiger charge is 2.40. The Morgan fingerprint density at radius 2 is 2.23 bits per heavy atom. The molecule has 0 saturated carbocycles. The molecule has 0 aliphatic carbocycles.